The first-order valence-electron chi connectivity index (χ1n) is 41.3. The molecule has 6 aliphatic carbocycles. The number of aromatic hydroxyl groups is 9. The zero-order chi connectivity index (χ0) is 83.2. The SMILES string of the molecule is C=C(C)[C@@H]1CCC(C)=C[C@H]1c1c(O)c(O)c(O)c2c1CCC[C@H]2CCO.C=C(C)[C@@H]1CCC(C)=C[C@H]1c1c(O)cc(O)c2c1CCC[C@H]2CCO.C=C(C)[C@@H]1CCC(C)=C[C@H]1c1c(O)cc(O)c2c1N(C(C)=O)CC[C@H]2CCO.C=C(C)[C@@H]1CCC(C)=C[C@H]1c1c(O)cc(O)c2c1N(S(=O)(=O)c1ccc(C)cc1)CC[C@H]2CCO. The van der Waals surface area contributed by atoms with E-state index in [1.165, 1.54) is 51.7 Å². The highest BCUT2D eigenvalue weighted by atomic mass is 32.2. The van der Waals surface area contributed by atoms with Crippen molar-refractivity contribution in [2.24, 2.45) is 23.7 Å². The van der Waals surface area contributed by atoms with Gasteiger partial charge in [0.2, 0.25) is 11.7 Å². The molecule has 0 saturated carbocycles. The first kappa shape index (κ1) is 87.7. The smallest absolute Gasteiger partial charge is 0.264 e. The Kier molecular flexibility index (Phi) is 28.8. The molecule has 0 aromatic heterocycles. The monoisotopic (exact) mass is 1580 g/mol. The Bertz CT molecular complexity index is 4700. The molecule has 0 bridgehead atoms. The Morgan fingerprint density at radius 3 is 1.11 bits per heavy atom. The highest BCUT2D eigenvalue weighted by Gasteiger charge is 2.44. The van der Waals surface area contributed by atoms with Gasteiger partial charge in [-0.3, -0.25) is 9.10 Å². The average Bonchev–Trinajstić information content (AvgIpc) is 0.731. The van der Waals surface area contributed by atoms with E-state index in [9.17, 15) is 79.6 Å². The predicted molar refractivity (Wildman–Crippen MR) is 454 cm³/mol. The fourth-order valence-corrected chi connectivity index (χ4v) is 21.8. The van der Waals surface area contributed by atoms with Crippen LogP contribution in [0.4, 0.5) is 11.4 Å². The summed E-state index contributed by atoms with van der Waals surface area (Å²) >= 11 is 0. The predicted octanol–water partition coefficient (Wildman–Crippen LogP) is 19.4. The van der Waals surface area contributed by atoms with Gasteiger partial charge in [0.1, 0.15) is 34.5 Å². The quantitative estimate of drug-likeness (QED) is 0.0286. The zero-order valence-corrected chi connectivity index (χ0v) is 69.6. The summed E-state index contributed by atoms with van der Waals surface area (Å²) in [5.41, 5.74) is 19.0. The van der Waals surface area contributed by atoms with E-state index in [1.807, 2.05) is 34.6 Å². The Morgan fingerprint density at radius 1 is 0.386 bits per heavy atom. The lowest BCUT2D eigenvalue weighted by molar-refractivity contribution is -0.116. The average molecular weight is 1580 g/mol. The van der Waals surface area contributed by atoms with E-state index >= 15 is 0 Å². The summed E-state index contributed by atoms with van der Waals surface area (Å²) in [7, 11) is -3.97. The van der Waals surface area contributed by atoms with E-state index in [2.05, 4.69) is 78.3 Å². The van der Waals surface area contributed by atoms with E-state index in [1.54, 1.807) is 29.2 Å². The molecule has 2 aliphatic heterocycles. The lowest BCUT2D eigenvalue weighted by atomic mass is 9.69. The molecule has 0 fully saturated rings. The van der Waals surface area contributed by atoms with Crippen LogP contribution in [0.1, 0.15) is 286 Å². The molecule has 18 nitrogen and oxygen atoms in total. The Labute approximate surface area is 676 Å². The van der Waals surface area contributed by atoms with Crippen LogP contribution in [0.2, 0.25) is 0 Å². The summed E-state index contributed by atoms with van der Waals surface area (Å²) < 4.78 is 29.2. The molecule has 13 N–H and O–H groups in total. The minimum absolute atomic E-state index is 0.00550. The van der Waals surface area contributed by atoms with Crippen LogP contribution in [0.3, 0.4) is 0 Å². The largest absolute Gasteiger partial charge is 0.508 e. The molecule has 13 rings (SSSR count). The van der Waals surface area contributed by atoms with Crippen LogP contribution in [-0.4, -0.2) is 120 Å². The Balaban J connectivity index is 0.000000162. The standard InChI is InChI=1S/C28H35NO5S.C23H31NO4.C22H30O4.C22H30O3/c1-17(2)22-10-7-19(4)15-23(22)27-25(32)16-24(31)26-20(12-14-30)11-13-29(28(26)27)35(33,34)21-8-5-18(3)6-9-21;1-13(2)17-6-5-14(3)11-18(17)22-20(28)12-19(27)21-16(8-10-25)7-9-24(15(4)26)23(21)22;1-12(2)15-8-7-13(3)11-17(15)19-16-6-4-5-14(9-10-23)18(16)20(24)22(26)21(19)25;1-13(2)16-8-7-14(3)11-18(16)22-17-6-4-5-15(9-10-23)21(17)19(24)12-20(22)25/h5-6,8-9,15-16,20,22-23,30-32H,1,7,10-14H2,2-4H3;11-12,16-18,25,27-28H,1,5-10H2,2-4H3;11,14-15,17,23-26H,1,4-10H2,2-3H3;11-12,15-16,18,23-25H,1,4-10H2,2-3H3/t20-,22-,23+;16-,17-,18+;14-,15-,17+;15-,16-,18+/m0000/s1. The van der Waals surface area contributed by atoms with Gasteiger partial charge in [-0.25, -0.2) is 8.42 Å². The normalized spacial score (nSPS) is 24.4. The molecule has 12 atom stereocenters. The molecule has 0 radical (unpaired) electrons. The highest BCUT2D eigenvalue weighted by molar-refractivity contribution is 7.92. The number of amides is 1. The molecule has 5 aromatic carbocycles. The minimum Gasteiger partial charge on any atom is -0.508 e. The molecular formula is C95H126N2O16S. The number of rotatable bonds is 18. The molecule has 0 unspecified atom stereocenters. The van der Waals surface area contributed by atoms with Crippen LogP contribution in [0.15, 0.2) is 143 Å². The Morgan fingerprint density at radius 2 is 0.711 bits per heavy atom. The fraction of sp³-hybridized carbons (Fsp3) is 0.505. The Hall–Kier alpha value is -8.72. The number of aryl methyl sites for hydroxylation is 1. The van der Waals surface area contributed by atoms with Crippen molar-refractivity contribution in [2.45, 2.75) is 250 Å². The second kappa shape index (κ2) is 37.5. The van der Waals surface area contributed by atoms with Gasteiger partial charge < -0.3 is 71.3 Å². The van der Waals surface area contributed by atoms with Gasteiger partial charge in [0.25, 0.3) is 10.0 Å². The van der Waals surface area contributed by atoms with E-state index in [-0.39, 0.29) is 155 Å². The third-order valence-electron chi connectivity index (χ3n) is 26.0. The van der Waals surface area contributed by atoms with Gasteiger partial charge in [-0.15, -0.1) is 0 Å². The lowest BCUT2D eigenvalue weighted by Crippen LogP contribution is -2.38. The number of carbonyl (C=O) groups is 1. The van der Waals surface area contributed by atoms with Gasteiger partial charge >= 0.3 is 0 Å². The van der Waals surface area contributed by atoms with Crippen LogP contribution in [0, 0.1) is 30.6 Å². The number of aliphatic hydroxyl groups is 4. The molecule has 19 heteroatoms. The second-order valence-corrected chi connectivity index (χ2v) is 36.0. The maximum atomic E-state index is 13.9. The molecule has 618 valence electrons. The van der Waals surface area contributed by atoms with Gasteiger partial charge in [0.05, 0.1) is 16.3 Å². The first-order valence-corrected chi connectivity index (χ1v) is 42.7. The van der Waals surface area contributed by atoms with Crippen LogP contribution >= 0.6 is 0 Å². The topological polar surface area (TPSA) is 321 Å². The third kappa shape index (κ3) is 18.3. The molecule has 0 saturated heterocycles. The highest BCUT2D eigenvalue weighted by Crippen LogP contribution is 2.60. The van der Waals surface area contributed by atoms with Crippen LogP contribution in [0.5, 0.6) is 51.7 Å². The van der Waals surface area contributed by atoms with Gasteiger partial charge in [-0.05, 0) is 261 Å². The number of carbonyl (C=O) groups excluding carboxylic acids is 1. The van der Waals surface area contributed by atoms with Crippen molar-refractivity contribution in [3.8, 4) is 51.7 Å². The number of sulfonamides is 1. The van der Waals surface area contributed by atoms with Crippen molar-refractivity contribution >= 4 is 27.3 Å². The zero-order valence-electron chi connectivity index (χ0n) is 68.8. The molecule has 8 aliphatic rings. The fourth-order valence-electron chi connectivity index (χ4n) is 20.3. The van der Waals surface area contributed by atoms with Crippen molar-refractivity contribution < 1.29 is 79.6 Å². The number of hydrogen-bond acceptors (Lipinski definition) is 16. The number of phenols is 9. The summed E-state index contributed by atoms with van der Waals surface area (Å²) in [5, 5.41) is 135. The molecular weight excluding hydrogens is 1460 g/mol. The summed E-state index contributed by atoms with van der Waals surface area (Å²) in [4.78, 5) is 14.3. The van der Waals surface area contributed by atoms with E-state index in [0.29, 0.717) is 90.2 Å². The number of nitrogens with zero attached hydrogens (tertiary/aromatic N) is 2. The van der Waals surface area contributed by atoms with Gasteiger partial charge in [-0.1, -0.05) is 113 Å². The maximum Gasteiger partial charge on any atom is 0.264 e. The molecule has 114 heavy (non-hydrogen) atoms. The first-order chi connectivity index (χ1) is 54.1. The third-order valence-corrected chi connectivity index (χ3v) is 27.8. The van der Waals surface area contributed by atoms with Crippen molar-refractivity contribution in [2.75, 3.05) is 48.7 Å². The molecule has 5 aromatic rings. The number of fused-ring (bicyclic) bond motifs is 4. The minimum atomic E-state index is -3.97. The van der Waals surface area contributed by atoms with Gasteiger partial charge in [0, 0.05) is 133 Å². The maximum absolute atomic E-state index is 13.9. The van der Waals surface area contributed by atoms with Gasteiger partial charge in [-0.2, -0.15) is 0 Å². The number of anilines is 2. The van der Waals surface area contributed by atoms with Gasteiger partial charge in [0.15, 0.2) is 11.5 Å². The number of aliphatic hydroxyl groups excluding tert-OH is 4. The van der Waals surface area contributed by atoms with E-state index in [4.69, 9.17) is 0 Å². The van der Waals surface area contributed by atoms with Crippen LogP contribution in [0.25, 0.3) is 0 Å². The van der Waals surface area contributed by atoms with Crippen molar-refractivity contribution in [1.82, 2.24) is 0 Å². The molecule has 1 amide bonds. The summed E-state index contributed by atoms with van der Waals surface area (Å²) in [6, 6.07) is 10.9. The van der Waals surface area contributed by atoms with Crippen molar-refractivity contribution in [3.05, 3.63) is 199 Å². The number of hydrogen-bond donors (Lipinski definition) is 13. The summed E-state index contributed by atoms with van der Waals surface area (Å²) in [6.45, 7) is 37.3. The van der Waals surface area contributed by atoms with Crippen LogP contribution in [-0.2, 0) is 27.7 Å². The lowest BCUT2D eigenvalue weighted by Gasteiger charge is -2.40. The van der Waals surface area contributed by atoms with E-state index in [0.717, 1.165) is 146 Å². The van der Waals surface area contributed by atoms with Crippen LogP contribution < -0.4 is 9.21 Å². The van der Waals surface area contributed by atoms with Crippen molar-refractivity contribution in [1.29, 1.82) is 0 Å². The number of benzene rings is 5. The molecule has 0 spiro atoms. The second-order valence-electron chi connectivity index (χ2n) is 34.1. The number of phenolic OH excluding ortho intramolecular Hbond substituents is 9. The number of allylic oxidation sites excluding steroid dienone is 12. The van der Waals surface area contributed by atoms with Crippen molar-refractivity contribution in [3.63, 3.8) is 0 Å². The molecule has 2 heterocycles. The summed E-state index contributed by atoms with van der Waals surface area (Å²) in [5.74, 6) is -0.553. The summed E-state index contributed by atoms with van der Waals surface area (Å²) in [6.07, 6.45) is 25.2. The van der Waals surface area contributed by atoms with E-state index < -0.39 is 15.8 Å².